The molecule has 0 radical (unpaired) electrons. The fourth-order valence-electron chi connectivity index (χ4n) is 0.880. The van der Waals surface area contributed by atoms with Crippen molar-refractivity contribution < 1.29 is 22.8 Å². The van der Waals surface area contributed by atoms with Gasteiger partial charge in [0, 0.05) is 5.56 Å². The molecule has 1 aromatic rings. The van der Waals surface area contributed by atoms with Crippen molar-refractivity contribution in [3.05, 3.63) is 35.9 Å². The van der Waals surface area contributed by atoms with Crippen LogP contribution in [0.25, 0.3) is 0 Å². The second-order valence-corrected chi connectivity index (χ2v) is 3.91. The van der Waals surface area contributed by atoms with Crippen LogP contribution in [0.2, 0.25) is 0 Å². The molecule has 102 valence electrons. The van der Waals surface area contributed by atoms with E-state index in [0.717, 1.165) is 13.8 Å². The Balaban J connectivity index is 0.00000289. The predicted octanol–water partition coefficient (Wildman–Crippen LogP) is 3.11. The minimum Gasteiger partial charge on any atom is -0.267 e. The lowest BCUT2D eigenvalue weighted by Gasteiger charge is -2.27. The number of hydroxylamine groups is 1. The van der Waals surface area contributed by atoms with Crippen molar-refractivity contribution >= 4 is 18.3 Å². The smallest absolute Gasteiger partial charge is 0.267 e. The summed E-state index contributed by atoms with van der Waals surface area (Å²) in [7, 11) is 0. The van der Waals surface area contributed by atoms with Crippen LogP contribution in [0, 0.1) is 0 Å². The van der Waals surface area contributed by atoms with Crippen LogP contribution in [0.3, 0.4) is 0 Å². The van der Waals surface area contributed by atoms with Crippen LogP contribution in [0.15, 0.2) is 30.3 Å². The molecule has 0 spiro atoms. The Labute approximate surface area is 109 Å². The molecule has 0 aromatic heterocycles. The molecule has 0 fully saturated rings. The molecule has 7 heteroatoms. The molecule has 1 amide bonds. The van der Waals surface area contributed by atoms with E-state index in [1.54, 1.807) is 23.7 Å². The highest BCUT2D eigenvalue weighted by molar-refractivity contribution is 5.93. The molecule has 1 aromatic carbocycles. The number of halogens is 4. The standard InChI is InChI=1S/C11H12F3NO2.ClH/c1-10(2,11(12,13)14)17-15-9(16)8-6-4-3-5-7-8;/h3-7H,1-2H3,(H,15,16);1H. The summed E-state index contributed by atoms with van der Waals surface area (Å²) >= 11 is 0. The third-order valence-electron chi connectivity index (χ3n) is 2.12. The molecule has 0 aliphatic rings. The summed E-state index contributed by atoms with van der Waals surface area (Å²) in [4.78, 5) is 15.8. The second kappa shape index (κ2) is 6.06. The lowest BCUT2D eigenvalue weighted by molar-refractivity contribution is -0.276. The average molecular weight is 284 g/mol. The van der Waals surface area contributed by atoms with Gasteiger partial charge in [-0.3, -0.25) is 9.63 Å². The monoisotopic (exact) mass is 283 g/mol. The Morgan fingerprint density at radius 1 is 1.17 bits per heavy atom. The van der Waals surface area contributed by atoms with E-state index in [0.29, 0.717) is 0 Å². The zero-order valence-corrected chi connectivity index (χ0v) is 10.6. The van der Waals surface area contributed by atoms with Crippen molar-refractivity contribution in [2.24, 2.45) is 0 Å². The number of hydrogen-bond acceptors (Lipinski definition) is 2. The van der Waals surface area contributed by atoms with Crippen molar-refractivity contribution in [1.29, 1.82) is 0 Å². The van der Waals surface area contributed by atoms with Crippen LogP contribution >= 0.6 is 12.4 Å². The molecule has 18 heavy (non-hydrogen) atoms. The van der Waals surface area contributed by atoms with Crippen molar-refractivity contribution in [1.82, 2.24) is 5.48 Å². The summed E-state index contributed by atoms with van der Waals surface area (Å²) in [6.07, 6.45) is -4.56. The number of benzene rings is 1. The molecule has 1 rings (SSSR count). The van der Waals surface area contributed by atoms with Gasteiger partial charge in [-0.25, -0.2) is 5.48 Å². The van der Waals surface area contributed by atoms with Crippen molar-refractivity contribution in [2.75, 3.05) is 0 Å². The van der Waals surface area contributed by atoms with Gasteiger partial charge >= 0.3 is 6.18 Å². The van der Waals surface area contributed by atoms with Gasteiger partial charge in [0.05, 0.1) is 0 Å². The third kappa shape index (κ3) is 4.19. The van der Waals surface area contributed by atoms with Crippen LogP contribution < -0.4 is 5.48 Å². The summed E-state index contributed by atoms with van der Waals surface area (Å²) in [6.45, 7) is 1.66. The minimum atomic E-state index is -4.56. The van der Waals surface area contributed by atoms with Gasteiger partial charge in [-0.1, -0.05) is 18.2 Å². The van der Waals surface area contributed by atoms with Crippen LogP contribution in [-0.2, 0) is 4.84 Å². The molecular formula is C11H13ClF3NO2. The van der Waals surface area contributed by atoms with E-state index in [4.69, 9.17) is 0 Å². The number of nitrogens with one attached hydrogen (secondary N) is 1. The van der Waals surface area contributed by atoms with E-state index in [1.807, 2.05) is 0 Å². The lowest BCUT2D eigenvalue weighted by Crippen LogP contribution is -2.46. The molecule has 0 saturated carbocycles. The van der Waals surface area contributed by atoms with E-state index in [2.05, 4.69) is 4.84 Å². The highest BCUT2D eigenvalue weighted by atomic mass is 35.5. The Morgan fingerprint density at radius 3 is 2.11 bits per heavy atom. The first kappa shape index (κ1) is 16.7. The lowest BCUT2D eigenvalue weighted by atomic mass is 10.1. The number of amides is 1. The molecule has 3 nitrogen and oxygen atoms in total. The SMILES string of the molecule is CC(C)(ONC(=O)c1ccccc1)C(F)(F)F.Cl. The fourth-order valence-corrected chi connectivity index (χ4v) is 0.880. The minimum absolute atomic E-state index is 0. The molecule has 0 atom stereocenters. The van der Waals surface area contributed by atoms with Crippen molar-refractivity contribution in [2.45, 2.75) is 25.6 Å². The largest absolute Gasteiger partial charge is 0.419 e. The molecule has 1 N–H and O–H groups in total. The molecule has 0 aliphatic heterocycles. The Morgan fingerprint density at radius 2 is 1.67 bits per heavy atom. The number of alkyl halides is 3. The number of carbonyl (C=O) groups excluding carboxylic acids is 1. The van der Waals surface area contributed by atoms with Gasteiger partial charge in [-0.15, -0.1) is 12.4 Å². The highest BCUT2D eigenvalue weighted by Gasteiger charge is 2.49. The fraction of sp³-hybridized carbons (Fsp3) is 0.364. The summed E-state index contributed by atoms with van der Waals surface area (Å²) in [5, 5.41) is 0. The van der Waals surface area contributed by atoms with E-state index < -0.39 is 17.7 Å². The van der Waals surface area contributed by atoms with E-state index in [9.17, 15) is 18.0 Å². The average Bonchev–Trinajstić information content (AvgIpc) is 2.25. The summed E-state index contributed by atoms with van der Waals surface area (Å²) < 4.78 is 37.2. The van der Waals surface area contributed by atoms with Gasteiger partial charge < -0.3 is 0 Å². The number of rotatable bonds is 3. The van der Waals surface area contributed by atoms with Gasteiger partial charge in [0.2, 0.25) is 0 Å². The predicted molar refractivity (Wildman–Crippen MR) is 62.4 cm³/mol. The molecule has 0 bridgehead atoms. The highest BCUT2D eigenvalue weighted by Crippen LogP contribution is 2.31. The van der Waals surface area contributed by atoms with Gasteiger partial charge in [0.1, 0.15) is 0 Å². The maximum absolute atomic E-state index is 12.4. The first-order chi connectivity index (χ1) is 7.74. The summed E-state index contributed by atoms with van der Waals surface area (Å²) in [6, 6.07) is 7.84. The van der Waals surface area contributed by atoms with Gasteiger partial charge in [0.15, 0.2) is 5.60 Å². The normalized spacial score (nSPS) is 11.6. The first-order valence-electron chi connectivity index (χ1n) is 4.84. The van der Waals surface area contributed by atoms with E-state index in [-0.39, 0.29) is 18.0 Å². The number of carbonyl (C=O) groups is 1. The number of hydrogen-bond donors (Lipinski definition) is 1. The van der Waals surface area contributed by atoms with Crippen LogP contribution in [0.4, 0.5) is 13.2 Å². The van der Waals surface area contributed by atoms with Gasteiger partial charge in [-0.2, -0.15) is 13.2 Å². The molecule has 0 saturated heterocycles. The molecule has 0 heterocycles. The van der Waals surface area contributed by atoms with Crippen LogP contribution in [0.5, 0.6) is 0 Å². The molecule has 0 aliphatic carbocycles. The Hall–Kier alpha value is -1.27. The Bertz CT molecular complexity index is 393. The van der Waals surface area contributed by atoms with Gasteiger partial charge in [0.25, 0.3) is 5.91 Å². The van der Waals surface area contributed by atoms with Crippen LogP contribution in [-0.4, -0.2) is 17.7 Å². The topological polar surface area (TPSA) is 38.3 Å². The summed E-state index contributed by atoms with van der Waals surface area (Å²) in [5.74, 6) is -0.720. The van der Waals surface area contributed by atoms with E-state index in [1.165, 1.54) is 12.1 Å². The van der Waals surface area contributed by atoms with E-state index >= 15 is 0 Å². The zero-order valence-electron chi connectivity index (χ0n) is 9.75. The molecule has 0 unspecified atom stereocenters. The quantitative estimate of drug-likeness (QED) is 0.866. The second-order valence-electron chi connectivity index (χ2n) is 3.91. The zero-order chi connectivity index (χ0) is 13.1. The van der Waals surface area contributed by atoms with Crippen LogP contribution in [0.1, 0.15) is 24.2 Å². The van der Waals surface area contributed by atoms with Crippen molar-refractivity contribution in [3.8, 4) is 0 Å². The summed E-state index contributed by atoms with van der Waals surface area (Å²) in [5.41, 5.74) is -0.419. The molecular weight excluding hydrogens is 271 g/mol. The Kier molecular flexibility index (Phi) is 5.63. The van der Waals surface area contributed by atoms with Gasteiger partial charge in [-0.05, 0) is 26.0 Å². The maximum Gasteiger partial charge on any atom is 0.419 e. The third-order valence-corrected chi connectivity index (χ3v) is 2.12. The van der Waals surface area contributed by atoms with Crippen molar-refractivity contribution in [3.63, 3.8) is 0 Å². The maximum atomic E-state index is 12.4. The first-order valence-corrected chi connectivity index (χ1v) is 4.84.